The fraction of sp³-hybridized carbons (Fsp3) is 0.571. The van der Waals surface area contributed by atoms with E-state index in [0.717, 1.165) is 6.42 Å². The van der Waals surface area contributed by atoms with E-state index in [1.807, 2.05) is 11.8 Å². The van der Waals surface area contributed by atoms with Gasteiger partial charge in [0.25, 0.3) is 0 Å². The molecule has 0 heterocycles. The molecule has 2 nitrogen and oxygen atoms in total. The molecule has 0 aliphatic rings. The molecule has 0 aliphatic heterocycles. The Morgan fingerprint density at radius 3 is 2.59 bits per heavy atom. The zero-order valence-corrected chi connectivity index (χ0v) is 11.7. The van der Waals surface area contributed by atoms with Crippen LogP contribution in [0.4, 0.5) is 0 Å². The maximum Gasteiger partial charge on any atom is 0.0294 e. The van der Waals surface area contributed by atoms with Crippen molar-refractivity contribution in [3.63, 3.8) is 0 Å². The van der Waals surface area contributed by atoms with Crippen molar-refractivity contribution in [3.05, 3.63) is 35.9 Å². The first-order valence-corrected chi connectivity index (χ1v) is 7.67. The highest BCUT2D eigenvalue weighted by atomic mass is 32.2. The molecule has 0 fully saturated rings. The number of hydrogen-bond acceptors (Lipinski definition) is 3. The van der Waals surface area contributed by atoms with Gasteiger partial charge < -0.3 is 11.1 Å². The largest absolute Gasteiger partial charge is 0.329 e. The van der Waals surface area contributed by atoms with E-state index >= 15 is 0 Å². The Kier molecular flexibility index (Phi) is 7.33. The van der Waals surface area contributed by atoms with Gasteiger partial charge in [0.05, 0.1) is 0 Å². The molecular formula is C14H24N2S. The normalized spacial score (nSPS) is 14.5. The Labute approximate surface area is 109 Å². The minimum absolute atomic E-state index is 0.374. The van der Waals surface area contributed by atoms with Gasteiger partial charge in [-0.2, -0.15) is 11.8 Å². The van der Waals surface area contributed by atoms with Crippen LogP contribution in [0.5, 0.6) is 0 Å². The minimum atomic E-state index is 0.374. The molecule has 0 radical (unpaired) electrons. The average molecular weight is 252 g/mol. The van der Waals surface area contributed by atoms with Crippen molar-refractivity contribution in [2.75, 3.05) is 18.6 Å². The van der Waals surface area contributed by atoms with Crippen molar-refractivity contribution < 1.29 is 0 Å². The first-order chi connectivity index (χ1) is 8.27. The third-order valence-corrected chi connectivity index (χ3v) is 3.67. The smallest absolute Gasteiger partial charge is 0.0294 e. The van der Waals surface area contributed by atoms with E-state index < -0.39 is 0 Å². The molecule has 96 valence electrons. The lowest BCUT2D eigenvalue weighted by Gasteiger charge is -2.22. The van der Waals surface area contributed by atoms with E-state index in [1.54, 1.807) is 0 Å². The summed E-state index contributed by atoms with van der Waals surface area (Å²) >= 11 is 1.90. The summed E-state index contributed by atoms with van der Waals surface area (Å²) in [4.78, 5) is 0. The second-order valence-corrected chi connectivity index (χ2v) is 5.35. The lowest BCUT2D eigenvalue weighted by atomic mass is 10.1. The molecule has 0 saturated heterocycles. The third kappa shape index (κ3) is 5.57. The van der Waals surface area contributed by atoms with Crippen LogP contribution in [0.15, 0.2) is 30.3 Å². The standard InChI is InChI=1S/C14H24N2S/c1-12(13-7-4-3-5-8-13)16-14(11-15)9-6-10-17-2/h3-5,7-8,12,14,16H,6,9-11,15H2,1-2H3. The van der Waals surface area contributed by atoms with Crippen LogP contribution in [0.2, 0.25) is 0 Å². The Hall–Kier alpha value is -0.510. The second-order valence-electron chi connectivity index (χ2n) is 4.37. The maximum absolute atomic E-state index is 5.81. The van der Waals surface area contributed by atoms with Crippen molar-refractivity contribution in [1.29, 1.82) is 0 Å². The highest BCUT2D eigenvalue weighted by Gasteiger charge is 2.11. The Balaban J connectivity index is 2.39. The van der Waals surface area contributed by atoms with Crippen LogP contribution >= 0.6 is 11.8 Å². The molecule has 0 spiro atoms. The Morgan fingerprint density at radius 1 is 1.29 bits per heavy atom. The van der Waals surface area contributed by atoms with Gasteiger partial charge in [0.1, 0.15) is 0 Å². The van der Waals surface area contributed by atoms with Crippen molar-refractivity contribution >= 4 is 11.8 Å². The molecule has 0 aromatic heterocycles. The molecule has 2 atom stereocenters. The van der Waals surface area contributed by atoms with Crippen molar-refractivity contribution in [1.82, 2.24) is 5.32 Å². The molecule has 0 bridgehead atoms. The zero-order chi connectivity index (χ0) is 12.5. The second kappa shape index (κ2) is 8.56. The average Bonchev–Trinajstić information content (AvgIpc) is 2.38. The van der Waals surface area contributed by atoms with Crippen LogP contribution in [0.3, 0.4) is 0 Å². The van der Waals surface area contributed by atoms with Gasteiger partial charge in [0.2, 0.25) is 0 Å². The predicted molar refractivity (Wildman–Crippen MR) is 78.5 cm³/mol. The predicted octanol–water partition coefficient (Wildman–Crippen LogP) is 2.81. The van der Waals surface area contributed by atoms with Crippen molar-refractivity contribution in [2.24, 2.45) is 5.73 Å². The number of nitrogens with one attached hydrogen (secondary N) is 1. The summed E-state index contributed by atoms with van der Waals surface area (Å²) in [5.74, 6) is 1.22. The maximum atomic E-state index is 5.81. The first kappa shape index (κ1) is 14.6. The molecule has 0 aliphatic carbocycles. The molecule has 17 heavy (non-hydrogen) atoms. The van der Waals surface area contributed by atoms with Crippen LogP contribution in [-0.4, -0.2) is 24.6 Å². The number of nitrogens with two attached hydrogens (primary N) is 1. The van der Waals surface area contributed by atoms with Gasteiger partial charge in [0, 0.05) is 18.6 Å². The quantitative estimate of drug-likeness (QED) is 0.699. The van der Waals surface area contributed by atoms with E-state index in [1.165, 1.54) is 17.7 Å². The molecule has 1 aromatic carbocycles. The van der Waals surface area contributed by atoms with Crippen LogP contribution < -0.4 is 11.1 Å². The van der Waals surface area contributed by atoms with Gasteiger partial charge in [-0.05, 0) is 37.3 Å². The molecule has 0 amide bonds. The summed E-state index contributed by atoms with van der Waals surface area (Å²) in [6.07, 6.45) is 4.55. The van der Waals surface area contributed by atoms with Gasteiger partial charge in [-0.3, -0.25) is 0 Å². The van der Waals surface area contributed by atoms with Gasteiger partial charge in [-0.1, -0.05) is 30.3 Å². The SMILES string of the molecule is CSCCCC(CN)NC(C)c1ccccc1. The molecular weight excluding hydrogens is 228 g/mol. The molecule has 1 rings (SSSR count). The Bertz CT molecular complexity index is 290. The van der Waals surface area contributed by atoms with Crippen molar-refractivity contribution in [2.45, 2.75) is 31.8 Å². The number of rotatable bonds is 8. The van der Waals surface area contributed by atoms with Gasteiger partial charge in [-0.25, -0.2) is 0 Å². The lowest BCUT2D eigenvalue weighted by Crippen LogP contribution is -2.37. The van der Waals surface area contributed by atoms with E-state index in [0.29, 0.717) is 18.6 Å². The molecule has 0 saturated carbocycles. The molecule has 1 aromatic rings. The minimum Gasteiger partial charge on any atom is -0.329 e. The van der Waals surface area contributed by atoms with Crippen LogP contribution in [0.1, 0.15) is 31.4 Å². The van der Waals surface area contributed by atoms with E-state index in [4.69, 9.17) is 5.73 Å². The molecule has 3 N–H and O–H groups in total. The summed E-state index contributed by atoms with van der Waals surface area (Å²) in [6.45, 7) is 2.91. The van der Waals surface area contributed by atoms with Gasteiger partial charge >= 0.3 is 0 Å². The Morgan fingerprint density at radius 2 is 2.00 bits per heavy atom. The van der Waals surface area contributed by atoms with E-state index in [-0.39, 0.29) is 0 Å². The summed E-state index contributed by atoms with van der Waals surface area (Å²) < 4.78 is 0. The number of thioether (sulfide) groups is 1. The van der Waals surface area contributed by atoms with Crippen LogP contribution in [0.25, 0.3) is 0 Å². The van der Waals surface area contributed by atoms with E-state index in [2.05, 4.69) is 48.8 Å². The van der Waals surface area contributed by atoms with Gasteiger partial charge in [-0.15, -0.1) is 0 Å². The van der Waals surface area contributed by atoms with Crippen molar-refractivity contribution in [3.8, 4) is 0 Å². The highest BCUT2D eigenvalue weighted by Crippen LogP contribution is 2.13. The summed E-state index contributed by atoms with van der Waals surface area (Å²) in [5.41, 5.74) is 7.14. The highest BCUT2D eigenvalue weighted by molar-refractivity contribution is 7.98. The van der Waals surface area contributed by atoms with E-state index in [9.17, 15) is 0 Å². The van der Waals surface area contributed by atoms with Crippen LogP contribution in [-0.2, 0) is 0 Å². The number of hydrogen-bond donors (Lipinski definition) is 2. The molecule has 2 unspecified atom stereocenters. The summed E-state index contributed by atoms with van der Waals surface area (Å²) in [6, 6.07) is 11.3. The summed E-state index contributed by atoms with van der Waals surface area (Å²) in [7, 11) is 0. The fourth-order valence-corrected chi connectivity index (χ4v) is 2.39. The zero-order valence-electron chi connectivity index (χ0n) is 10.9. The van der Waals surface area contributed by atoms with Crippen LogP contribution in [0, 0.1) is 0 Å². The number of benzene rings is 1. The third-order valence-electron chi connectivity index (χ3n) is 2.97. The lowest BCUT2D eigenvalue weighted by molar-refractivity contribution is 0.434. The topological polar surface area (TPSA) is 38.0 Å². The monoisotopic (exact) mass is 252 g/mol. The van der Waals surface area contributed by atoms with Gasteiger partial charge in [0.15, 0.2) is 0 Å². The fourth-order valence-electron chi connectivity index (χ4n) is 1.93. The summed E-state index contributed by atoms with van der Waals surface area (Å²) in [5, 5.41) is 3.61. The first-order valence-electron chi connectivity index (χ1n) is 6.28. The molecule has 3 heteroatoms.